The fourth-order valence-electron chi connectivity index (χ4n) is 3.48. The van der Waals surface area contributed by atoms with Crippen molar-refractivity contribution in [2.24, 2.45) is 0 Å². The number of ether oxygens (including phenoxy) is 1. The van der Waals surface area contributed by atoms with Crippen LogP contribution in [0.4, 0.5) is 0 Å². The molecule has 2 saturated carbocycles. The molecule has 0 bridgehead atoms. The second-order valence-corrected chi connectivity index (χ2v) is 7.75. The van der Waals surface area contributed by atoms with E-state index in [1.54, 1.807) is 0 Å². The molecule has 2 N–H and O–H groups in total. The van der Waals surface area contributed by atoms with E-state index in [1.807, 2.05) is 11.8 Å². The molecule has 2 fully saturated rings. The Morgan fingerprint density at radius 1 is 1.20 bits per heavy atom. The van der Waals surface area contributed by atoms with Gasteiger partial charge in [0.05, 0.1) is 18.8 Å². The van der Waals surface area contributed by atoms with Crippen LogP contribution in [0.2, 0.25) is 0 Å². The maximum absolute atomic E-state index is 10.0. The molecule has 20 heavy (non-hydrogen) atoms. The summed E-state index contributed by atoms with van der Waals surface area (Å²) < 4.78 is 6.24. The highest BCUT2D eigenvalue weighted by molar-refractivity contribution is 8.00. The summed E-state index contributed by atoms with van der Waals surface area (Å²) >= 11 is 1.99. The third-order valence-electron chi connectivity index (χ3n) is 4.85. The van der Waals surface area contributed by atoms with Gasteiger partial charge in [0.25, 0.3) is 0 Å². The van der Waals surface area contributed by atoms with Crippen molar-refractivity contribution in [2.75, 3.05) is 26.0 Å². The largest absolute Gasteiger partial charge is 0.389 e. The van der Waals surface area contributed by atoms with Gasteiger partial charge in [0.1, 0.15) is 0 Å². The molecule has 0 aromatic rings. The van der Waals surface area contributed by atoms with E-state index in [1.165, 1.54) is 57.8 Å². The first-order valence-electron chi connectivity index (χ1n) is 8.30. The van der Waals surface area contributed by atoms with Gasteiger partial charge in [0.2, 0.25) is 0 Å². The quantitative estimate of drug-likeness (QED) is 0.723. The first-order valence-corrected chi connectivity index (χ1v) is 9.52. The van der Waals surface area contributed by atoms with Gasteiger partial charge >= 0.3 is 0 Å². The molecule has 0 amide bonds. The van der Waals surface area contributed by atoms with Crippen molar-refractivity contribution in [3.8, 4) is 0 Å². The maximum atomic E-state index is 10.0. The summed E-state index contributed by atoms with van der Waals surface area (Å²) in [6.45, 7) is 2.17. The summed E-state index contributed by atoms with van der Waals surface area (Å²) in [5, 5.41) is 13.5. The van der Waals surface area contributed by atoms with Gasteiger partial charge in [-0.05, 0) is 31.9 Å². The second-order valence-electron chi connectivity index (χ2n) is 6.47. The minimum atomic E-state index is -0.364. The highest BCUT2D eigenvalue weighted by Crippen LogP contribution is 2.39. The van der Waals surface area contributed by atoms with Crippen molar-refractivity contribution in [3.05, 3.63) is 0 Å². The van der Waals surface area contributed by atoms with Crippen LogP contribution in [0.5, 0.6) is 0 Å². The first-order chi connectivity index (χ1) is 9.74. The Hall–Kier alpha value is 0.230. The van der Waals surface area contributed by atoms with Crippen LogP contribution in [-0.2, 0) is 4.74 Å². The Kier molecular flexibility index (Phi) is 7.15. The van der Waals surface area contributed by atoms with E-state index in [2.05, 4.69) is 11.6 Å². The molecule has 118 valence electrons. The lowest BCUT2D eigenvalue weighted by molar-refractivity contribution is -0.0230. The van der Waals surface area contributed by atoms with Gasteiger partial charge in [-0.15, -0.1) is 0 Å². The third-order valence-corrected chi connectivity index (χ3v) is 6.27. The fraction of sp³-hybridized carbons (Fsp3) is 1.00. The first kappa shape index (κ1) is 16.6. The average molecular weight is 301 g/mol. The monoisotopic (exact) mass is 301 g/mol. The normalized spacial score (nSPS) is 24.9. The zero-order chi connectivity index (χ0) is 14.3. The molecule has 2 aliphatic carbocycles. The summed E-state index contributed by atoms with van der Waals surface area (Å²) in [5.41, 5.74) is 0. The second kappa shape index (κ2) is 8.62. The van der Waals surface area contributed by atoms with Gasteiger partial charge in [-0.3, -0.25) is 0 Å². The maximum Gasteiger partial charge on any atom is 0.0897 e. The van der Waals surface area contributed by atoms with Crippen LogP contribution in [0.1, 0.15) is 57.8 Å². The number of nitrogens with one attached hydrogen (secondary N) is 1. The smallest absolute Gasteiger partial charge is 0.0897 e. The summed E-state index contributed by atoms with van der Waals surface area (Å²) in [4.78, 5) is 0. The molecular weight excluding hydrogens is 270 g/mol. The van der Waals surface area contributed by atoms with Crippen molar-refractivity contribution < 1.29 is 9.84 Å². The van der Waals surface area contributed by atoms with E-state index in [0.29, 0.717) is 24.0 Å². The average Bonchev–Trinajstić information content (AvgIpc) is 2.96. The van der Waals surface area contributed by atoms with Crippen LogP contribution in [0.25, 0.3) is 0 Å². The molecule has 0 spiro atoms. The summed E-state index contributed by atoms with van der Waals surface area (Å²) in [6, 6.07) is 0. The molecule has 0 radical (unpaired) electrons. The molecular formula is C16H31NO2S. The van der Waals surface area contributed by atoms with Crippen molar-refractivity contribution in [3.63, 3.8) is 0 Å². The van der Waals surface area contributed by atoms with Gasteiger partial charge in [0.15, 0.2) is 0 Å². The number of rotatable bonds is 8. The van der Waals surface area contributed by atoms with Gasteiger partial charge in [0, 0.05) is 17.8 Å². The Bertz CT molecular complexity index is 263. The Balaban J connectivity index is 1.56. The molecule has 0 aromatic heterocycles. The lowest BCUT2D eigenvalue weighted by atomic mass is 9.98. The lowest BCUT2D eigenvalue weighted by Gasteiger charge is -2.28. The minimum absolute atomic E-state index is 0.364. The molecule has 0 heterocycles. The molecule has 1 atom stereocenters. The van der Waals surface area contributed by atoms with E-state index in [4.69, 9.17) is 4.74 Å². The molecule has 0 aliphatic heterocycles. The van der Waals surface area contributed by atoms with Crippen molar-refractivity contribution in [2.45, 2.75) is 74.7 Å². The Morgan fingerprint density at radius 2 is 1.90 bits per heavy atom. The summed E-state index contributed by atoms with van der Waals surface area (Å²) in [6.07, 6.45) is 13.9. The Morgan fingerprint density at radius 3 is 2.55 bits per heavy atom. The van der Waals surface area contributed by atoms with Crippen LogP contribution >= 0.6 is 11.8 Å². The van der Waals surface area contributed by atoms with Crippen molar-refractivity contribution >= 4 is 11.8 Å². The number of aliphatic hydroxyl groups excluding tert-OH is 1. The molecule has 2 rings (SSSR count). The number of hydrogen-bond acceptors (Lipinski definition) is 4. The summed E-state index contributed by atoms with van der Waals surface area (Å²) in [7, 11) is 0. The summed E-state index contributed by atoms with van der Waals surface area (Å²) in [5.74, 6) is 0. The lowest BCUT2D eigenvalue weighted by Crippen LogP contribution is -2.40. The molecule has 4 heteroatoms. The van der Waals surface area contributed by atoms with Gasteiger partial charge < -0.3 is 15.2 Å². The van der Waals surface area contributed by atoms with E-state index in [-0.39, 0.29) is 6.10 Å². The van der Waals surface area contributed by atoms with Crippen LogP contribution in [0.3, 0.4) is 0 Å². The number of aliphatic hydroxyl groups is 1. The molecule has 0 aromatic carbocycles. The SMILES string of the molecule is CSC1(CNCC(O)COC2CCCCC2)CCCC1. The van der Waals surface area contributed by atoms with Crippen molar-refractivity contribution in [1.29, 1.82) is 0 Å². The van der Waals surface area contributed by atoms with E-state index >= 15 is 0 Å². The zero-order valence-electron chi connectivity index (χ0n) is 12.9. The van der Waals surface area contributed by atoms with Crippen LogP contribution in [0.15, 0.2) is 0 Å². The standard InChI is InChI=1S/C16H31NO2S/c1-20-16(9-5-6-10-16)13-17-11-14(18)12-19-15-7-3-2-4-8-15/h14-15,17-18H,2-13H2,1H3. The highest BCUT2D eigenvalue weighted by atomic mass is 32.2. The molecule has 1 unspecified atom stereocenters. The highest BCUT2D eigenvalue weighted by Gasteiger charge is 2.32. The van der Waals surface area contributed by atoms with E-state index in [0.717, 1.165) is 6.54 Å². The third kappa shape index (κ3) is 5.21. The fourth-order valence-corrected chi connectivity index (χ4v) is 4.42. The predicted octanol–water partition coefficient (Wildman–Crippen LogP) is 2.96. The van der Waals surface area contributed by atoms with Gasteiger partial charge in [-0.2, -0.15) is 11.8 Å². The van der Waals surface area contributed by atoms with Crippen LogP contribution in [0, 0.1) is 0 Å². The number of hydrogen-bond donors (Lipinski definition) is 2. The number of thioether (sulfide) groups is 1. The topological polar surface area (TPSA) is 41.5 Å². The van der Waals surface area contributed by atoms with E-state index in [9.17, 15) is 5.11 Å². The minimum Gasteiger partial charge on any atom is -0.389 e. The molecule has 2 aliphatic rings. The van der Waals surface area contributed by atoms with Crippen molar-refractivity contribution in [1.82, 2.24) is 5.32 Å². The van der Waals surface area contributed by atoms with Crippen LogP contribution < -0.4 is 5.32 Å². The molecule has 0 saturated heterocycles. The van der Waals surface area contributed by atoms with Gasteiger partial charge in [-0.1, -0.05) is 32.1 Å². The molecule has 3 nitrogen and oxygen atoms in total. The zero-order valence-corrected chi connectivity index (χ0v) is 13.7. The predicted molar refractivity (Wildman–Crippen MR) is 86.4 cm³/mol. The van der Waals surface area contributed by atoms with E-state index < -0.39 is 0 Å². The van der Waals surface area contributed by atoms with Gasteiger partial charge in [-0.25, -0.2) is 0 Å². The van der Waals surface area contributed by atoms with Crippen LogP contribution in [-0.4, -0.2) is 48.0 Å². The Labute approximate surface area is 128 Å².